The molecule has 0 aromatic heterocycles. The summed E-state index contributed by atoms with van der Waals surface area (Å²) in [5, 5.41) is 0. The van der Waals surface area contributed by atoms with Gasteiger partial charge in [0.2, 0.25) is 0 Å². The molecule has 0 radical (unpaired) electrons. The molecule has 0 bridgehead atoms. The van der Waals surface area contributed by atoms with E-state index in [1.807, 2.05) is 0 Å². The zero-order valence-corrected chi connectivity index (χ0v) is 16.4. The number of methoxy groups -OCH3 is 2. The Morgan fingerprint density at radius 1 is 1.07 bits per heavy atom. The van der Waals surface area contributed by atoms with Gasteiger partial charge in [-0.05, 0) is 36.8 Å². The topological polar surface area (TPSA) is 55.8 Å². The van der Waals surface area contributed by atoms with E-state index in [0.29, 0.717) is 11.4 Å². The Labute approximate surface area is 171 Å². The van der Waals surface area contributed by atoms with Gasteiger partial charge in [-0.25, -0.2) is 4.79 Å². The largest absolute Gasteiger partial charge is 0.497 e. The summed E-state index contributed by atoms with van der Waals surface area (Å²) in [7, 11) is 2.61. The molecule has 30 heavy (non-hydrogen) atoms. The van der Waals surface area contributed by atoms with Crippen molar-refractivity contribution in [2.45, 2.75) is 13.1 Å². The third kappa shape index (κ3) is 3.80. The Bertz CT molecular complexity index is 1070. The molecule has 1 amide bonds. The standard InChI is InChI=1S/C22H18F3NO4/c1-13-19(21(28)30-3)17(11-14-7-4-5-10-18(14)22(23,24)25)20(27)26(13)15-8-6-9-16(12-15)29-2/h4-12H,1-3H3/b17-11-. The van der Waals surface area contributed by atoms with E-state index < -0.39 is 23.6 Å². The number of carbonyl (C=O) groups excluding carboxylic acids is 2. The average Bonchev–Trinajstić information content (AvgIpc) is 2.96. The minimum Gasteiger partial charge on any atom is -0.497 e. The van der Waals surface area contributed by atoms with Gasteiger partial charge in [-0.2, -0.15) is 13.2 Å². The van der Waals surface area contributed by atoms with E-state index >= 15 is 0 Å². The van der Waals surface area contributed by atoms with Crippen LogP contribution in [0.2, 0.25) is 0 Å². The highest BCUT2D eigenvalue weighted by Crippen LogP contribution is 2.38. The molecule has 2 aromatic rings. The molecule has 1 aliphatic rings. The van der Waals surface area contributed by atoms with Crippen LogP contribution < -0.4 is 9.64 Å². The third-order valence-corrected chi connectivity index (χ3v) is 4.67. The number of hydrogen-bond acceptors (Lipinski definition) is 4. The second-order valence-electron chi connectivity index (χ2n) is 6.44. The molecule has 1 aliphatic heterocycles. The van der Waals surface area contributed by atoms with Crippen molar-refractivity contribution in [2.24, 2.45) is 0 Å². The molecule has 0 spiro atoms. The monoisotopic (exact) mass is 417 g/mol. The van der Waals surface area contributed by atoms with Crippen LogP contribution in [0.3, 0.4) is 0 Å². The van der Waals surface area contributed by atoms with Gasteiger partial charge in [0, 0.05) is 11.8 Å². The number of alkyl halides is 3. The van der Waals surface area contributed by atoms with Crippen LogP contribution in [0.25, 0.3) is 6.08 Å². The van der Waals surface area contributed by atoms with Crippen LogP contribution in [0, 0.1) is 0 Å². The normalized spacial score (nSPS) is 15.7. The Morgan fingerprint density at radius 3 is 2.40 bits per heavy atom. The first-order valence-corrected chi connectivity index (χ1v) is 8.85. The van der Waals surface area contributed by atoms with Gasteiger partial charge in [0.25, 0.3) is 5.91 Å². The smallest absolute Gasteiger partial charge is 0.416 e. The number of hydrogen-bond donors (Lipinski definition) is 0. The minimum absolute atomic E-state index is 0.0951. The van der Waals surface area contributed by atoms with Gasteiger partial charge >= 0.3 is 12.1 Å². The first-order chi connectivity index (χ1) is 14.2. The third-order valence-electron chi connectivity index (χ3n) is 4.67. The highest BCUT2D eigenvalue weighted by atomic mass is 19.4. The lowest BCUT2D eigenvalue weighted by molar-refractivity contribution is -0.138. The molecule has 0 saturated carbocycles. The zero-order valence-electron chi connectivity index (χ0n) is 16.4. The van der Waals surface area contributed by atoms with Gasteiger partial charge < -0.3 is 9.47 Å². The van der Waals surface area contributed by atoms with Crippen LogP contribution in [-0.2, 0) is 20.5 Å². The summed E-state index contributed by atoms with van der Waals surface area (Å²) >= 11 is 0. The van der Waals surface area contributed by atoms with Gasteiger partial charge in [-0.3, -0.25) is 9.69 Å². The van der Waals surface area contributed by atoms with Crippen molar-refractivity contribution >= 4 is 23.6 Å². The minimum atomic E-state index is -4.62. The molecule has 3 rings (SSSR count). The zero-order chi connectivity index (χ0) is 22.1. The van der Waals surface area contributed by atoms with Gasteiger partial charge in [-0.1, -0.05) is 24.3 Å². The van der Waals surface area contributed by atoms with Gasteiger partial charge in [-0.15, -0.1) is 0 Å². The number of esters is 1. The molecule has 2 aromatic carbocycles. The Hall–Kier alpha value is -3.55. The van der Waals surface area contributed by atoms with Crippen molar-refractivity contribution in [3.8, 4) is 5.75 Å². The summed E-state index contributed by atoms with van der Waals surface area (Å²) in [5.41, 5.74) is -0.759. The number of carbonyl (C=O) groups is 2. The molecule has 0 N–H and O–H groups in total. The van der Waals surface area contributed by atoms with Gasteiger partial charge in [0.15, 0.2) is 0 Å². The van der Waals surface area contributed by atoms with Crippen LogP contribution in [0.5, 0.6) is 5.75 Å². The van der Waals surface area contributed by atoms with Crippen LogP contribution >= 0.6 is 0 Å². The lowest BCUT2D eigenvalue weighted by Crippen LogP contribution is -2.24. The summed E-state index contributed by atoms with van der Waals surface area (Å²) in [6.07, 6.45) is -3.55. The number of anilines is 1. The van der Waals surface area contributed by atoms with Crippen LogP contribution in [-0.4, -0.2) is 26.1 Å². The molecule has 1 heterocycles. The molecular weight excluding hydrogens is 399 g/mol. The molecular formula is C22H18F3NO4. The second kappa shape index (κ2) is 8.06. The van der Waals surface area contributed by atoms with Crippen molar-refractivity contribution in [3.63, 3.8) is 0 Å². The average molecular weight is 417 g/mol. The Kier molecular flexibility index (Phi) is 5.69. The fourth-order valence-corrected chi connectivity index (χ4v) is 3.28. The Balaban J connectivity index is 2.19. The molecule has 0 fully saturated rings. The van der Waals surface area contributed by atoms with Crippen molar-refractivity contribution in [1.29, 1.82) is 0 Å². The van der Waals surface area contributed by atoms with Gasteiger partial charge in [0.1, 0.15) is 5.75 Å². The number of allylic oxidation sites excluding steroid dienone is 1. The van der Waals surface area contributed by atoms with E-state index in [-0.39, 0.29) is 22.4 Å². The van der Waals surface area contributed by atoms with Crippen molar-refractivity contribution < 1.29 is 32.2 Å². The highest BCUT2D eigenvalue weighted by Gasteiger charge is 2.39. The lowest BCUT2D eigenvalue weighted by atomic mass is 10.00. The number of benzene rings is 2. The maximum absolute atomic E-state index is 13.4. The maximum atomic E-state index is 13.4. The number of amides is 1. The first-order valence-electron chi connectivity index (χ1n) is 8.85. The van der Waals surface area contributed by atoms with Crippen molar-refractivity contribution in [2.75, 3.05) is 19.1 Å². The summed E-state index contributed by atoms with van der Waals surface area (Å²) in [6.45, 7) is 1.53. The summed E-state index contributed by atoms with van der Waals surface area (Å²) in [5.74, 6) is -0.979. The second-order valence-corrected chi connectivity index (χ2v) is 6.44. The van der Waals surface area contributed by atoms with E-state index in [9.17, 15) is 22.8 Å². The Morgan fingerprint density at radius 2 is 1.77 bits per heavy atom. The van der Waals surface area contributed by atoms with E-state index in [0.717, 1.165) is 19.3 Å². The molecule has 0 aliphatic carbocycles. The fraction of sp³-hybridized carbons (Fsp3) is 0.182. The maximum Gasteiger partial charge on any atom is 0.416 e. The lowest BCUT2D eigenvalue weighted by Gasteiger charge is -2.18. The number of nitrogens with zero attached hydrogens (tertiary/aromatic N) is 1. The fourth-order valence-electron chi connectivity index (χ4n) is 3.28. The predicted molar refractivity (Wildman–Crippen MR) is 105 cm³/mol. The van der Waals surface area contributed by atoms with Gasteiger partial charge in [0.05, 0.1) is 36.6 Å². The van der Waals surface area contributed by atoms with Crippen LogP contribution in [0.1, 0.15) is 18.1 Å². The molecule has 5 nitrogen and oxygen atoms in total. The molecule has 0 saturated heterocycles. The van der Waals surface area contributed by atoms with E-state index in [4.69, 9.17) is 9.47 Å². The SMILES string of the molecule is COC(=O)C1=C(C)N(c2cccc(OC)c2)C(=O)/C1=C\c1ccccc1C(F)(F)F. The van der Waals surface area contributed by atoms with Crippen molar-refractivity contribution in [3.05, 3.63) is 76.5 Å². The molecule has 8 heteroatoms. The molecule has 0 unspecified atom stereocenters. The number of rotatable bonds is 4. The molecule has 156 valence electrons. The first kappa shape index (κ1) is 21.2. The number of halogens is 3. The quantitative estimate of drug-likeness (QED) is 0.539. The summed E-state index contributed by atoms with van der Waals surface area (Å²) in [6, 6.07) is 11.4. The summed E-state index contributed by atoms with van der Waals surface area (Å²) < 4.78 is 50.2. The van der Waals surface area contributed by atoms with Crippen molar-refractivity contribution in [1.82, 2.24) is 0 Å². The summed E-state index contributed by atoms with van der Waals surface area (Å²) in [4.78, 5) is 26.9. The van der Waals surface area contributed by atoms with E-state index in [1.165, 1.54) is 37.1 Å². The van der Waals surface area contributed by atoms with Crippen LogP contribution in [0.4, 0.5) is 18.9 Å². The van der Waals surface area contributed by atoms with Crippen LogP contribution in [0.15, 0.2) is 65.4 Å². The highest BCUT2D eigenvalue weighted by molar-refractivity contribution is 6.23. The predicted octanol–water partition coefficient (Wildman–Crippen LogP) is 4.59. The number of ether oxygens (including phenoxy) is 2. The molecule has 0 atom stereocenters. The van der Waals surface area contributed by atoms with E-state index in [2.05, 4.69) is 0 Å². The van der Waals surface area contributed by atoms with E-state index in [1.54, 1.807) is 24.3 Å².